The third-order valence-corrected chi connectivity index (χ3v) is 2.93. The number of nitrogens with one attached hydrogen (secondary N) is 2. The SMILES string of the molecule is CNC(=O)c1ccc(-c2cccc(CNC(=O)O)c2)cn1. The van der Waals surface area contributed by atoms with Gasteiger partial charge in [-0.25, -0.2) is 4.79 Å². The highest BCUT2D eigenvalue weighted by atomic mass is 16.4. The number of rotatable bonds is 4. The molecule has 0 radical (unpaired) electrons. The summed E-state index contributed by atoms with van der Waals surface area (Å²) < 4.78 is 0. The third-order valence-electron chi connectivity index (χ3n) is 2.93. The van der Waals surface area contributed by atoms with Crippen LogP contribution in [0.5, 0.6) is 0 Å². The number of carboxylic acid groups (broad SMARTS) is 1. The number of amides is 2. The molecule has 2 amide bonds. The normalized spacial score (nSPS) is 9.95. The lowest BCUT2D eigenvalue weighted by Gasteiger charge is -2.06. The maximum absolute atomic E-state index is 11.4. The van der Waals surface area contributed by atoms with Crippen LogP contribution in [0.3, 0.4) is 0 Å². The van der Waals surface area contributed by atoms with Gasteiger partial charge in [0.1, 0.15) is 5.69 Å². The van der Waals surface area contributed by atoms with Crippen LogP contribution in [0.2, 0.25) is 0 Å². The van der Waals surface area contributed by atoms with Crippen LogP contribution in [0.1, 0.15) is 16.1 Å². The van der Waals surface area contributed by atoms with E-state index in [1.807, 2.05) is 24.3 Å². The molecule has 1 aromatic carbocycles. The Morgan fingerprint density at radius 3 is 2.62 bits per heavy atom. The van der Waals surface area contributed by atoms with Crippen LogP contribution in [-0.4, -0.2) is 29.1 Å². The molecule has 21 heavy (non-hydrogen) atoms. The van der Waals surface area contributed by atoms with Crippen molar-refractivity contribution in [2.75, 3.05) is 7.05 Å². The molecule has 0 spiro atoms. The van der Waals surface area contributed by atoms with E-state index in [0.29, 0.717) is 5.69 Å². The van der Waals surface area contributed by atoms with Gasteiger partial charge in [-0.1, -0.05) is 24.3 Å². The molecule has 6 nitrogen and oxygen atoms in total. The Morgan fingerprint density at radius 2 is 2.00 bits per heavy atom. The molecule has 0 unspecified atom stereocenters. The van der Waals surface area contributed by atoms with Crippen molar-refractivity contribution in [3.8, 4) is 11.1 Å². The molecule has 0 fully saturated rings. The van der Waals surface area contributed by atoms with Crippen molar-refractivity contribution in [2.24, 2.45) is 0 Å². The molecule has 0 saturated heterocycles. The summed E-state index contributed by atoms with van der Waals surface area (Å²) in [5.41, 5.74) is 2.98. The summed E-state index contributed by atoms with van der Waals surface area (Å²) in [7, 11) is 1.55. The zero-order valence-electron chi connectivity index (χ0n) is 11.5. The van der Waals surface area contributed by atoms with Gasteiger partial charge in [-0.05, 0) is 23.3 Å². The number of carbonyl (C=O) groups is 2. The average molecular weight is 285 g/mol. The Bertz CT molecular complexity index is 653. The molecule has 0 aliphatic rings. The number of benzene rings is 1. The van der Waals surface area contributed by atoms with E-state index in [9.17, 15) is 9.59 Å². The molecule has 0 bridgehead atoms. The number of nitrogens with zero attached hydrogens (tertiary/aromatic N) is 1. The molecular formula is C15H15N3O3. The molecule has 0 aliphatic heterocycles. The van der Waals surface area contributed by atoms with Gasteiger partial charge in [0.15, 0.2) is 0 Å². The molecular weight excluding hydrogens is 270 g/mol. The van der Waals surface area contributed by atoms with E-state index in [2.05, 4.69) is 15.6 Å². The second-order valence-corrected chi connectivity index (χ2v) is 4.37. The number of carbonyl (C=O) groups excluding carboxylic acids is 1. The quantitative estimate of drug-likeness (QED) is 0.799. The first-order valence-corrected chi connectivity index (χ1v) is 6.34. The van der Waals surface area contributed by atoms with Crippen LogP contribution < -0.4 is 10.6 Å². The van der Waals surface area contributed by atoms with E-state index in [0.717, 1.165) is 16.7 Å². The maximum Gasteiger partial charge on any atom is 0.404 e. The second kappa shape index (κ2) is 6.51. The highest BCUT2D eigenvalue weighted by molar-refractivity contribution is 5.92. The maximum atomic E-state index is 11.4. The third kappa shape index (κ3) is 3.79. The minimum absolute atomic E-state index is 0.235. The minimum atomic E-state index is -1.06. The Balaban J connectivity index is 2.19. The largest absolute Gasteiger partial charge is 0.465 e. The van der Waals surface area contributed by atoms with Gasteiger partial charge in [0.05, 0.1) is 0 Å². The Morgan fingerprint density at radius 1 is 1.19 bits per heavy atom. The summed E-state index contributed by atoms with van der Waals surface area (Å²) in [5.74, 6) is -0.235. The van der Waals surface area contributed by atoms with Crippen molar-refractivity contribution in [1.82, 2.24) is 15.6 Å². The molecule has 1 heterocycles. The van der Waals surface area contributed by atoms with Crippen molar-refractivity contribution in [3.63, 3.8) is 0 Å². The van der Waals surface area contributed by atoms with E-state index in [1.54, 1.807) is 25.4 Å². The summed E-state index contributed by atoms with van der Waals surface area (Å²) in [6.45, 7) is 0.243. The molecule has 108 valence electrons. The van der Waals surface area contributed by atoms with Crippen LogP contribution in [0.25, 0.3) is 11.1 Å². The standard InChI is InChI=1S/C15H15N3O3/c1-16-14(19)13-6-5-12(9-17-13)11-4-2-3-10(7-11)8-18-15(20)21/h2-7,9,18H,8H2,1H3,(H,16,19)(H,20,21). The van der Waals surface area contributed by atoms with Gasteiger partial charge in [0.2, 0.25) is 0 Å². The Kier molecular flexibility index (Phi) is 4.50. The lowest BCUT2D eigenvalue weighted by Crippen LogP contribution is -2.19. The first-order chi connectivity index (χ1) is 10.1. The number of hydrogen-bond donors (Lipinski definition) is 3. The minimum Gasteiger partial charge on any atom is -0.465 e. The molecule has 0 aliphatic carbocycles. The van der Waals surface area contributed by atoms with Crippen LogP contribution in [0.4, 0.5) is 4.79 Å². The highest BCUT2D eigenvalue weighted by Crippen LogP contribution is 2.19. The molecule has 0 atom stereocenters. The summed E-state index contributed by atoms with van der Waals surface area (Å²) in [5, 5.41) is 13.4. The van der Waals surface area contributed by atoms with E-state index >= 15 is 0 Å². The van der Waals surface area contributed by atoms with Gasteiger partial charge in [0.25, 0.3) is 5.91 Å². The van der Waals surface area contributed by atoms with E-state index < -0.39 is 6.09 Å². The van der Waals surface area contributed by atoms with Gasteiger partial charge in [-0.2, -0.15) is 0 Å². The summed E-state index contributed by atoms with van der Waals surface area (Å²) >= 11 is 0. The molecule has 0 saturated carbocycles. The summed E-state index contributed by atoms with van der Waals surface area (Å²) in [6, 6.07) is 10.9. The lowest BCUT2D eigenvalue weighted by atomic mass is 10.0. The molecule has 2 aromatic rings. The van der Waals surface area contributed by atoms with Gasteiger partial charge < -0.3 is 15.7 Å². The monoisotopic (exact) mass is 285 g/mol. The average Bonchev–Trinajstić information content (AvgIpc) is 2.52. The van der Waals surface area contributed by atoms with Crippen molar-refractivity contribution in [3.05, 3.63) is 53.9 Å². The summed E-state index contributed by atoms with van der Waals surface area (Å²) in [6.07, 6.45) is 0.561. The zero-order valence-corrected chi connectivity index (χ0v) is 11.5. The topological polar surface area (TPSA) is 91.3 Å². The number of hydrogen-bond acceptors (Lipinski definition) is 3. The lowest BCUT2D eigenvalue weighted by molar-refractivity contribution is 0.0958. The first-order valence-electron chi connectivity index (χ1n) is 6.34. The molecule has 6 heteroatoms. The Hall–Kier alpha value is -2.89. The van der Waals surface area contributed by atoms with Crippen molar-refractivity contribution >= 4 is 12.0 Å². The fourth-order valence-corrected chi connectivity index (χ4v) is 1.87. The first kappa shape index (κ1) is 14.5. The van der Waals surface area contributed by atoms with Crippen molar-refractivity contribution in [2.45, 2.75) is 6.54 Å². The fourth-order valence-electron chi connectivity index (χ4n) is 1.87. The predicted molar refractivity (Wildman–Crippen MR) is 77.9 cm³/mol. The van der Waals surface area contributed by atoms with Crippen LogP contribution in [-0.2, 0) is 6.54 Å². The predicted octanol–water partition coefficient (Wildman–Crippen LogP) is 1.88. The van der Waals surface area contributed by atoms with Gasteiger partial charge in [-0.3, -0.25) is 9.78 Å². The number of pyridine rings is 1. The second-order valence-electron chi connectivity index (χ2n) is 4.37. The molecule has 2 rings (SSSR count). The van der Waals surface area contributed by atoms with Crippen LogP contribution in [0.15, 0.2) is 42.6 Å². The molecule has 3 N–H and O–H groups in total. The molecule has 1 aromatic heterocycles. The van der Waals surface area contributed by atoms with Gasteiger partial charge >= 0.3 is 6.09 Å². The van der Waals surface area contributed by atoms with E-state index in [1.165, 1.54) is 0 Å². The Labute approximate surface area is 121 Å². The van der Waals surface area contributed by atoms with Crippen LogP contribution >= 0.6 is 0 Å². The van der Waals surface area contributed by atoms with Crippen LogP contribution in [0, 0.1) is 0 Å². The highest BCUT2D eigenvalue weighted by Gasteiger charge is 2.06. The van der Waals surface area contributed by atoms with Gasteiger partial charge in [0, 0.05) is 25.4 Å². The van der Waals surface area contributed by atoms with Crippen molar-refractivity contribution < 1.29 is 14.7 Å². The number of aromatic nitrogens is 1. The zero-order chi connectivity index (χ0) is 15.2. The van der Waals surface area contributed by atoms with E-state index in [4.69, 9.17) is 5.11 Å². The van der Waals surface area contributed by atoms with Crippen molar-refractivity contribution in [1.29, 1.82) is 0 Å². The summed E-state index contributed by atoms with van der Waals surface area (Å²) in [4.78, 5) is 26.0. The van der Waals surface area contributed by atoms with E-state index in [-0.39, 0.29) is 12.5 Å². The van der Waals surface area contributed by atoms with Gasteiger partial charge in [-0.15, -0.1) is 0 Å². The smallest absolute Gasteiger partial charge is 0.404 e. The fraction of sp³-hybridized carbons (Fsp3) is 0.133.